The number of hydrogen-bond donors (Lipinski definition) is 1. The Kier molecular flexibility index (Phi) is 13.1. The number of guanidine groups is 1. The molecule has 2 saturated heterocycles. The maximum Gasteiger partial charge on any atom is 0.310 e. The van der Waals surface area contributed by atoms with Gasteiger partial charge in [-0.3, -0.25) is 9.79 Å². The zero-order valence-electron chi connectivity index (χ0n) is 17.3. The summed E-state index contributed by atoms with van der Waals surface area (Å²) in [5.74, 6) is 0.840. The lowest BCUT2D eigenvalue weighted by Gasteiger charge is -2.34. The minimum absolute atomic E-state index is 0. The molecule has 0 radical (unpaired) electrons. The number of halogens is 1. The van der Waals surface area contributed by atoms with E-state index in [-0.39, 0.29) is 35.9 Å². The molecule has 0 aromatic heterocycles. The SMILES string of the molecule is CCOC(=O)C1CCCN(C(=NC)NCCCCCN2CCCCC2)C1.I. The standard InChI is InChI=1S/C20H38N4O2.HI/c1-3-26-19(25)18-11-10-16-24(17-18)20(21-2)22-12-6-4-7-13-23-14-8-5-9-15-23;/h18H,3-17H2,1-2H3,(H,21,22);1H. The van der Waals surface area contributed by atoms with E-state index in [9.17, 15) is 4.79 Å². The van der Waals surface area contributed by atoms with Crippen LogP contribution in [-0.4, -0.2) is 74.7 Å². The Balaban J connectivity index is 0.00000364. The molecule has 0 bridgehead atoms. The van der Waals surface area contributed by atoms with Gasteiger partial charge in [0.25, 0.3) is 0 Å². The van der Waals surface area contributed by atoms with E-state index in [4.69, 9.17) is 4.74 Å². The summed E-state index contributed by atoms with van der Waals surface area (Å²) in [5.41, 5.74) is 0. The van der Waals surface area contributed by atoms with Crippen molar-refractivity contribution < 1.29 is 9.53 Å². The lowest BCUT2D eigenvalue weighted by atomic mass is 9.98. The van der Waals surface area contributed by atoms with Gasteiger partial charge in [-0.05, 0) is 65.1 Å². The second-order valence-electron chi connectivity index (χ2n) is 7.47. The summed E-state index contributed by atoms with van der Waals surface area (Å²) in [6.07, 6.45) is 9.81. The van der Waals surface area contributed by atoms with Gasteiger partial charge in [0.2, 0.25) is 0 Å². The first-order chi connectivity index (χ1) is 12.7. The van der Waals surface area contributed by atoms with Crippen LogP contribution in [0, 0.1) is 5.92 Å². The summed E-state index contributed by atoms with van der Waals surface area (Å²) in [7, 11) is 1.83. The highest BCUT2D eigenvalue weighted by molar-refractivity contribution is 14.0. The Morgan fingerprint density at radius 3 is 2.59 bits per heavy atom. The Bertz CT molecular complexity index is 442. The molecule has 0 saturated carbocycles. The van der Waals surface area contributed by atoms with Crippen LogP contribution in [0.4, 0.5) is 0 Å². The summed E-state index contributed by atoms with van der Waals surface area (Å²) in [5, 5.41) is 3.48. The fourth-order valence-electron chi connectivity index (χ4n) is 3.97. The Labute approximate surface area is 182 Å². The van der Waals surface area contributed by atoms with Gasteiger partial charge >= 0.3 is 5.97 Å². The molecule has 0 amide bonds. The molecule has 0 aromatic rings. The average molecular weight is 494 g/mol. The summed E-state index contributed by atoms with van der Waals surface area (Å²) in [6, 6.07) is 0. The number of esters is 1. The normalized spacial score (nSPS) is 21.5. The minimum Gasteiger partial charge on any atom is -0.466 e. The first kappa shape index (κ1) is 24.5. The highest BCUT2D eigenvalue weighted by Crippen LogP contribution is 2.18. The van der Waals surface area contributed by atoms with E-state index < -0.39 is 0 Å². The lowest BCUT2D eigenvalue weighted by molar-refractivity contribution is -0.149. The van der Waals surface area contributed by atoms with Crippen LogP contribution in [0.5, 0.6) is 0 Å². The Hall–Kier alpha value is -0.570. The van der Waals surface area contributed by atoms with Crippen LogP contribution in [-0.2, 0) is 9.53 Å². The van der Waals surface area contributed by atoms with Crippen LogP contribution in [0.25, 0.3) is 0 Å². The van der Waals surface area contributed by atoms with Crippen molar-refractivity contribution in [1.29, 1.82) is 0 Å². The van der Waals surface area contributed by atoms with E-state index in [1.54, 1.807) is 0 Å². The van der Waals surface area contributed by atoms with E-state index in [1.807, 2.05) is 14.0 Å². The van der Waals surface area contributed by atoms with E-state index in [2.05, 4.69) is 20.1 Å². The predicted octanol–water partition coefficient (Wildman–Crippen LogP) is 3.11. The van der Waals surface area contributed by atoms with Crippen molar-refractivity contribution in [1.82, 2.24) is 15.1 Å². The highest BCUT2D eigenvalue weighted by atomic mass is 127. The highest BCUT2D eigenvalue weighted by Gasteiger charge is 2.28. The second kappa shape index (κ2) is 14.4. The van der Waals surface area contributed by atoms with Gasteiger partial charge in [0.15, 0.2) is 5.96 Å². The maximum atomic E-state index is 12.0. The van der Waals surface area contributed by atoms with Crippen LogP contribution in [0.15, 0.2) is 4.99 Å². The number of hydrogen-bond acceptors (Lipinski definition) is 4. The molecular formula is C20H39IN4O2. The first-order valence-electron chi connectivity index (χ1n) is 10.6. The average Bonchev–Trinajstić information content (AvgIpc) is 2.68. The molecule has 6 nitrogen and oxygen atoms in total. The summed E-state index contributed by atoms with van der Waals surface area (Å²) in [6.45, 7) is 8.79. The third-order valence-electron chi connectivity index (χ3n) is 5.44. The third-order valence-corrected chi connectivity index (χ3v) is 5.44. The fraction of sp³-hybridized carbons (Fsp3) is 0.900. The smallest absolute Gasteiger partial charge is 0.310 e. The van der Waals surface area contributed by atoms with Crippen LogP contribution < -0.4 is 5.32 Å². The van der Waals surface area contributed by atoms with E-state index >= 15 is 0 Å². The number of nitrogens with one attached hydrogen (secondary N) is 1. The van der Waals surface area contributed by atoms with Crippen molar-refractivity contribution in [2.24, 2.45) is 10.9 Å². The maximum absolute atomic E-state index is 12.0. The van der Waals surface area contributed by atoms with Gasteiger partial charge in [0, 0.05) is 26.7 Å². The molecule has 2 aliphatic rings. The zero-order valence-corrected chi connectivity index (χ0v) is 19.6. The number of ether oxygens (including phenoxy) is 1. The van der Waals surface area contributed by atoms with Gasteiger partial charge in [0.05, 0.1) is 12.5 Å². The molecule has 2 fully saturated rings. The molecule has 1 N–H and O–H groups in total. The molecule has 2 heterocycles. The number of carbonyl (C=O) groups is 1. The van der Waals surface area contributed by atoms with Gasteiger partial charge in [-0.15, -0.1) is 24.0 Å². The monoisotopic (exact) mass is 494 g/mol. The molecule has 0 spiro atoms. The van der Waals surface area contributed by atoms with Crippen LogP contribution in [0.2, 0.25) is 0 Å². The Morgan fingerprint density at radius 2 is 1.89 bits per heavy atom. The second-order valence-corrected chi connectivity index (χ2v) is 7.47. The van der Waals surface area contributed by atoms with Crippen molar-refractivity contribution in [3.8, 4) is 0 Å². The van der Waals surface area contributed by atoms with Crippen LogP contribution in [0.3, 0.4) is 0 Å². The number of piperidine rings is 2. The van der Waals surface area contributed by atoms with E-state index in [0.717, 1.165) is 31.9 Å². The van der Waals surface area contributed by atoms with E-state index in [1.165, 1.54) is 58.2 Å². The molecule has 7 heteroatoms. The largest absolute Gasteiger partial charge is 0.466 e. The zero-order chi connectivity index (χ0) is 18.6. The summed E-state index contributed by atoms with van der Waals surface area (Å²) < 4.78 is 5.19. The molecule has 2 aliphatic heterocycles. The minimum atomic E-state index is -0.0645. The molecular weight excluding hydrogens is 455 g/mol. The number of carbonyl (C=O) groups excluding carboxylic acids is 1. The number of likely N-dealkylation sites (tertiary alicyclic amines) is 2. The van der Waals surface area contributed by atoms with Gasteiger partial charge in [-0.2, -0.15) is 0 Å². The summed E-state index contributed by atoms with van der Waals surface area (Å²) >= 11 is 0. The van der Waals surface area contributed by atoms with Gasteiger partial charge in [-0.25, -0.2) is 0 Å². The van der Waals surface area contributed by atoms with Crippen molar-refractivity contribution >= 4 is 35.9 Å². The molecule has 0 aromatic carbocycles. The fourth-order valence-corrected chi connectivity index (χ4v) is 3.97. The van der Waals surface area contributed by atoms with Crippen molar-refractivity contribution in [2.75, 3.05) is 52.9 Å². The Morgan fingerprint density at radius 1 is 1.11 bits per heavy atom. The van der Waals surface area contributed by atoms with Crippen molar-refractivity contribution in [2.45, 2.75) is 58.3 Å². The number of rotatable bonds is 8. The molecule has 27 heavy (non-hydrogen) atoms. The summed E-state index contributed by atoms with van der Waals surface area (Å²) in [4.78, 5) is 21.2. The van der Waals surface area contributed by atoms with Gasteiger partial charge in [-0.1, -0.05) is 12.8 Å². The number of aliphatic imine (C=N–C) groups is 1. The molecule has 1 unspecified atom stereocenters. The molecule has 0 aliphatic carbocycles. The van der Waals surface area contributed by atoms with Crippen LogP contribution >= 0.6 is 24.0 Å². The topological polar surface area (TPSA) is 57.2 Å². The van der Waals surface area contributed by atoms with Crippen molar-refractivity contribution in [3.05, 3.63) is 0 Å². The molecule has 158 valence electrons. The lowest BCUT2D eigenvalue weighted by Crippen LogP contribution is -2.48. The number of unbranched alkanes of at least 4 members (excludes halogenated alkanes) is 2. The molecule has 2 rings (SSSR count). The van der Waals surface area contributed by atoms with Gasteiger partial charge < -0.3 is 19.9 Å². The van der Waals surface area contributed by atoms with Crippen LogP contribution in [0.1, 0.15) is 58.3 Å². The first-order valence-corrected chi connectivity index (χ1v) is 10.6. The van der Waals surface area contributed by atoms with Gasteiger partial charge in [0.1, 0.15) is 0 Å². The third kappa shape index (κ3) is 8.98. The molecule has 1 atom stereocenters. The number of nitrogens with zero attached hydrogens (tertiary/aromatic N) is 3. The van der Waals surface area contributed by atoms with E-state index in [0.29, 0.717) is 13.2 Å². The predicted molar refractivity (Wildman–Crippen MR) is 122 cm³/mol. The van der Waals surface area contributed by atoms with Crippen molar-refractivity contribution in [3.63, 3.8) is 0 Å². The quantitative estimate of drug-likeness (QED) is 0.185.